The number of aromatic nitrogens is 12. The Morgan fingerprint density at radius 2 is 0.964 bits per heavy atom. The first kappa shape index (κ1) is 98.9. The Bertz CT molecular complexity index is 4180. The molecule has 6 aromatic heterocycles. The molecule has 2 saturated heterocycles. The van der Waals surface area contributed by atoms with E-state index in [1.54, 1.807) is 60.0 Å². The monoisotopic (exact) mass is 1810 g/mol. The first-order valence-electron chi connectivity index (χ1n) is 34.0. The van der Waals surface area contributed by atoms with Crippen molar-refractivity contribution in [3.05, 3.63) is 126 Å². The molecular weight excluding hydrogens is 1720 g/mol. The maximum Gasteiger partial charge on any atom is 0.367 e. The topological polar surface area (TPSA) is 380 Å². The zero-order valence-electron chi connectivity index (χ0n) is 64.3. The van der Waals surface area contributed by atoms with Crippen molar-refractivity contribution in [3.63, 3.8) is 0 Å². The first-order valence-corrected chi connectivity index (χ1v) is 34.0. The molecule has 0 amide bonds. The number of aldehydes is 1. The maximum absolute atomic E-state index is 14.3. The molecule has 4 unspecified atom stereocenters. The van der Waals surface area contributed by atoms with Crippen LogP contribution in [-0.4, -0.2) is 225 Å². The summed E-state index contributed by atoms with van der Waals surface area (Å²) < 4.78 is 151. The molecule has 0 aromatic carbocycles. The van der Waals surface area contributed by atoms with E-state index < -0.39 is 120 Å². The Hall–Kier alpha value is -5.46. The van der Waals surface area contributed by atoms with Gasteiger partial charge in [0, 0.05) is 145 Å². The van der Waals surface area contributed by atoms with E-state index in [1.807, 2.05) is 20.8 Å². The Kier molecular flexibility index (Phi) is 40.0. The van der Waals surface area contributed by atoms with Crippen molar-refractivity contribution in [3.8, 4) is 0 Å². The molecule has 7 aliphatic rings. The number of esters is 3. The molecule has 0 aliphatic carbocycles. The van der Waals surface area contributed by atoms with Gasteiger partial charge in [-0.1, -0.05) is 62.3 Å². The molecule has 41 heteroatoms. The molecule has 2 fully saturated rings. The number of nitrogens with zero attached hydrogens (tertiary/aromatic N) is 12. The number of halogens is 6. The SMILES string of the molecule is CC(=O)OC1O[C@H](COCC(C)(C)C)C=C1F.CC1(C)OCC(C=O)O1.CCOC(=O)/C(F)=C/C1COC(C)(C)O1.Cc1n[c-]c2ncn(C3O[C@H](COCC(C)(C)C)C=C3F)c2n1.Cc1n[c-]c2ncn([C@@H]3O[C@H](CO)C=C3F)c2n1.Cc1n[c-]c2ncn([C@H]3O[C@H](CO)C=C3F)c2n1.O=C1O[C@H](CO)C=C1F.[Y].[Y].[Y]. The molecule has 6 aromatic rings. The van der Waals surface area contributed by atoms with Crippen molar-refractivity contribution < 1.29 is 221 Å². The fourth-order valence-corrected chi connectivity index (χ4v) is 9.91. The Morgan fingerprint density at radius 3 is 1.28 bits per heavy atom. The van der Waals surface area contributed by atoms with Crippen molar-refractivity contribution >= 4 is 57.7 Å². The van der Waals surface area contributed by atoms with Gasteiger partial charge in [-0.2, -0.15) is 8.78 Å². The molecule has 0 saturated carbocycles. The summed E-state index contributed by atoms with van der Waals surface area (Å²) in [6.45, 7) is 29.0. The van der Waals surface area contributed by atoms with E-state index in [1.165, 1.54) is 59.3 Å². The smallest absolute Gasteiger partial charge is 0.367 e. The van der Waals surface area contributed by atoms with Gasteiger partial charge in [-0.15, -0.1) is 0 Å². The normalized spacial score (nSPS) is 23.9. The predicted octanol–water partition coefficient (Wildman–Crippen LogP) is 7.94. The molecule has 0 bridgehead atoms. The minimum Gasteiger partial charge on any atom is -0.461 e. The van der Waals surface area contributed by atoms with E-state index in [-0.39, 0.29) is 161 Å². The van der Waals surface area contributed by atoms with Crippen LogP contribution in [0.2, 0.25) is 0 Å². The van der Waals surface area contributed by atoms with Gasteiger partial charge in [-0.05, 0) is 94.4 Å². The summed E-state index contributed by atoms with van der Waals surface area (Å²) in [7, 11) is 0. The number of rotatable bonds is 17. The molecule has 13 heterocycles. The molecule has 3 N–H and O–H groups in total. The number of aliphatic hydroxyl groups is 3. The molecule has 7 aliphatic heterocycles. The molecule has 0 spiro atoms. The minimum atomic E-state index is -1.21. The van der Waals surface area contributed by atoms with Gasteiger partial charge in [0.25, 0.3) is 6.29 Å². The van der Waals surface area contributed by atoms with E-state index in [4.69, 9.17) is 62.7 Å². The Balaban J connectivity index is 0.000000279. The second-order valence-electron chi connectivity index (χ2n) is 27.8. The van der Waals surface area contributed by atoms with Crippen molar-refractivity contribution in [1.82, 2.24) is 58.6 Å². The van der Waals surface area contributed by atoms with Crippen LogP contribution < -0.4 is 0 Å². The molecule has 3 radical (unpaired) electrons. The Morgan fingerprint density at radius 1 is 0.589 bits per heavy atom. The van der Waals surface area contributed by atoms with Crippen molar-refractivity contribution in [2.45, 2.75) is 183 Å². The van der Waals surface area contributed by atoms with Crippen molar-refractivity contribution in [2.24, 2.45) is 10.8 Å². The number of carbonyl (C=O) groups is 4. The fourth-order valence-electron chi connectivity index (χ4n) is 9.91. The Labute approximate surface area is 717 Å². The number of ether oxygens (including phenoxy) is 13. The summed E-state index contributed by atoms with van der Waals surface area (Å²) in [6.07, 6.45) is 12.7. The molecule has 607 valence electrons. The third-order valence-electron chi connectivity index (χ3n) is 14.6. The van der Waals surface area contributed by atoms with Crippen LogP contribution in [0.1, 0.15) is 119 Å². The number of carbonyl (C=O) groups excluding carboxylic acids is 4. The maximum atomic E-state index is 14.3. The number of imidazole rings is 3. The summed E-state index contributed by atoms with van der Waals surface area (Å²) in [4.78, 5) is 78.5. The predicted molar refractivity (Wildman–Crippen MR) is 368 cm³/mol. The van der Waals surface area contributed by atoms with Crippen LogP contribution in [0.15, 0.2) is 90.4 Å². The minimum absolute atomic E-state index is 0. The number of aryl methyl sites for hydroxylation is 3. The van der Waals surface area contributed by atoms with Crippen LogP contribution in [-0.2, 0) is 179 Å². The van der Waals surface area contributed by atoms with E-state index in [2.05, 4.69) is 98.4 Å². The van der Waals surface area contributed by atoms with Crippen LogP contribution in [0, 0.1) is 50.2 Å². The summed E-state index contributed by atoms with van der Waals surface area (Å²) in [6, 6.07) is 0. The summed E-state index contributed by atoms with van der Waals surface area (Å²) in [5.74, 6) is -5.99. The molecular formula is C71H89F6N12O20Y3-3. The van der Waals surface area contributed by atoms with E-state index in [0.29, 0.717) is 77.4 Å². The van der Waals surface area contributed by atoms with Crippen molar-refractivity contribution in [2.75, 3.05) is 66.1 Å². The van der Waals surface area contributed by atoms with Gasteiger partial charge < -0.3 is 125 Å². The van der Waals surface area contributed by atoms with Gasteiger partial charge in [0.1, 0.15) is 60.2 Å². The second-order valence-corrected chi connectivity index (χ2v) is 27.8. The van der Waals surface area contributed by atoms with Gasteiger partial charge in [0.15, 0.2) is 42.4 Å². The van der Waals surface area contributed by atoms with Crippen LogP contribution in [0.3, 0.4) is 0 Å². The molecule has 32 nitrogen and oxygen atoms in total. The van der Waals surface area contributed by atoms with Gasteiger partial charge in [0.05, 0.1) is 102 Å². The zero-order chi connectivity index (χ0) is 80.3. The van der Waals surface area contributed by atoms with Crippen LogP contribution in [0.5, 0.6) is 0 Å². The van der Waals surface area contributed by atoms with Crippen LogP contribution in [0.4, 0.5) is 26.3 Å². The van der Waals surface area contributed by atoms with Gasteiger partial charge in [-0.3, -0.25) is 19.7 Å². The third-order valence-corrected chi connectivity index (χ3v) is 14.6. The van der Waals surface area contributed by atoms with Gasteiger partial charge in [0.2, 0.25) is 11.7 Å². The second kappa shape index (κ2) is 45.3. The van der Waals surface area contributed by atoms with E-state index in [0.717, 1.165) is 18.4 Å². The molecule has 13 rings (SSSR count). The third kappa shape index (κ3) is 30.5. The number of fused-ring (bicyclic) bond motifs is 3. The van der Waals surface area contributed by atoms with Gasteiger partial charge in [-0.25, -0.2) is 27.2 Å². The summed E-state index contributed by atoms with van der Waals surface area (Å²) >= 11 is 0. The average molecular weight is 1810 g/mol. The van der Waals surface area contributed by atoms with Crippen LogP contribution >= 0.6 is 0 Å². The largest absolute Gasteiger partial charge is 0.461 e. The van der Waals surface area contributed by atoms with Gasteiger partial charge >= 0.3 is 17.9 Å². The quantitative estimate of drug-likeness (QED) is 0.0195. The average Bonchev–Trinajstić information content (AvgIpc) is 1.65. The number of hydrogen-bond acceptors (Lipinski definition) is 29. The molecule has 112 heavy (non-hydrogen) atoms. The van der Waals surface area contributed by atoms with Crippen LogP contribution in [0.25, 0.3) is 33.5 Å². The summed E-state index contributed by atoms with van der Waals surface area (Å²) in [5.41, 5.74) is 2.90. The summed E-state index contributed by atoms with van der Waals surface area (Å²) in [5, 5.41) is 26.2. The first-order chi connectivity index (χ1) is 51.3. The molecule has 11 atom stereocenters. The van der Waals surface area contributed by atoms with E-state index >= 15 is 0 Å². The number of cyclic esters (lactones) is 1. The number of hydrogen-bond donors (Lipinski definition) is 3. The van der Waals surface area contributed by atoms with Crippen molar-refractivity contribution in [1.29, 1.82) is 0 Å². The van der Waals surface area contributed by atoms with E-state index in [9.17, 15) is 45.5 Å². The fraction of sp³-hybridized carbons (Fsp3) is 0.563. The standard InChI is InChI=1S/C16H20FN4O2.C12H19FO4.2C11H10FN4O2.C10H15FO4.C6H10O3.C5H5FO3.3Y/c1-10-18-6-13-14(20-10)21(9-19-13)15-12(17)5-11(23-15)7-22-8-16(2,3)4;1-8(14)16-11-10(13)5-9(17-11)6-15-7-12(2,3)4;2*1-6-13-3-9-10(15-6)16(5-14-9)11-8(12)2-7(4-17)18-11;1-4-13-9(12)8(11)5-7-6-14-10(2,3)15-7;1-6(2)8-4-5(3-7)9-6;6-4-1-3(2-7)9-5(4)8;;;/h5,9,11,15H,7-8H2,1-4H3;5,9,11H,6-7H2,1-4H3;2*2,5,7,11,17H,4H2,1H3;5,7H,4,6H2,1-3H3;3,5H,4H2,1-2H3;1,3,7H,2H2;;;/q-1;;2*-1;;;;;;/b;;;;8-5-;;;;;/t11-,15?;9-,11?;7-,11+;7-,11-;;;3-;;;/m0000..0.../s1. The zero-order valence-corrected chi connectivity index (χ0v) is 72.9. The number of aliphatic hydroxyl groups excluding tert-OH is 3.